The number of aromatic nitrogens is 1. The van der Waals surface area contributed by atoms with Crippen LogP contribution in [0.15, 0.2) is 22.8 Å². The molecule has 1 saturated carbocycles. The van der Waals surface area contributed by atoms with Gasteiger partial charge in [-0.1, -0.05) is 20.8 Å². The first kappa shape index (κ1) is 14.0. The van der Waals surface area contributed by atoms with E-state index in [1.807, 2.05) is 6.20 Å². The van der Waals surface area contributed by atoms with Crippen molar-refractivity contribution < 1.29 is 0 Å². The minimum atomic E-state index is 0.352. The highest BCUT2D eigenvalue weighted by Gasteiger charge is 2.41. The van der Waals surface area contributed by atoms with Crippen molar-refractivity contribution in [1.29, 1.82) is 0 Å². The van der Waals surface area contributed by atoms with E-state index in [0.29, 0.717) is 11.5 Å². The summed E-state index contributed by atoms with van der Waals surface area (Å²) in [5.74, 6) is 0.870. The summed E-state index contributed by atoms with van der Waals surface area (Å²) in [5, 5.41) is 3.60. The molecular formula is C15H23BrN2. The molecule has 3 heteroatoms. The quantitative estimate of drug-likeness (QED) is 0.864. The Morgan fingerprint density at radius 2 is 2.17 bits per heavy atom. The SMILES string of the molecule is CC(C)NCC(C)(Cc1ccc(Br)cn1)C1CC1. The molecular weight excluding hydrogens is 288 g/mol. The molecule has 0 spiro atoms. The third-order valence-corrected chi connectivity index (χ3v) is 4.32. The molecule has 1 aliphatic carbocycles. The van der Waals surface area contributed by atoms with Gasteiger partial charge in [-0.3, -0.25) is 4.98 Å². The third-order valence-electron chi connectivity index (χ3n) is 3.85. The van der Waals surface area contributed by atoms with E-state index in [9.17, 15) is 0 Å². The number of hydrogen-bond acceptors (Lipinski definition) is 2. The minimum absolute atomic E-state index is 0.352. The van der Waals surface area contributed by atoms with Gasteiger partial charge in [0.15, 0.2) is 0 Å². The maximum Gasteiger partial charge on any atom is 0.0413 e. The standard InChI is InChI=1S/C15H23BrN2/c1-11(2)18-10-15(3,12-4-5-12)8-14-7-6-13(16)9-17-14/h6-7,9,11-12,18H,4-5,8,10H2,1-3H3. The molecule has 1 atom stereocenters. The van der Waals surface area contributed by atoms with E-state index in [-0.39, 0.29) is 0 Å². The molecule has 2 rings (SSSR count). The lowest BCUT2D eigenvalue weighted by Gasteiger charge is -2.31. The molecule has 1 heterocycles. The summed E-state index contributed by atoms with van der Waals surface area (Å²) in [6.45, 7) is 7.92. The number of nitrogens with zero attached hydrogens (tertiary/aromatic N) is 1. The molecule has 1 aliphatic rings. The lowest BCUT2D eigenvalue weighted by molar-refractivity contribution is 0.246. The van der Waals surface area contributed by atoms with Crippen LogP contribution in [-0.4, -0.2) is 17.6 Å². The van der Waals surface area contributed by atoms with Gasteiger partial charge in [-0.25, -0.2) is 0 Å². The third kappa shape index (κ3) is 3.79. The molecule has 0 bridgehead atoms. The van der Waals surface area contributed by atoms with Gasteiger partial charge in [-0.2, -0.15) is 0 Å². The van der Waals surface area contributed by atoms with E-state index >= 15 is 0 Å². The monoisotopic (exact) mass is 310 g/mol. The van der Waals surface area contributed by atoms with Crippen LogP contribution in [0.5, 0.6) is 0 Å². The molecule has 1 unspecified atom stereocenters. The van der Waals surface area contributed by atoms with Gasteiger partial charge in [0.1, 0.15) is 0 Å². The fourth-order valence-corrected chi connectivity index (χ4v) is 2.73. The molecule has 1 N–H and O–H groups in total. The zero-order chi connectivity index (χ0) is 13.2. The Bertz CT molecular complexity index is 384. The van der Waals surface area contributed by atoms with Crippen molar-refractivity contribution in [2.45, 2.75) is 46.1 Å². The van der Waals surface area contributed by atoms with Gasteiger partial charge in [0, 0.05) is 29.0 Å². The summed E-state index contributed by atoms with van der Waals surface area (Å²) in [7, 11) is 0. The van der Waals surface area contributed by atoms with Crippen LogP contribution in [0, 0.1) is 11.3 Å². The van der Waals surface area contributed by atoms with E-state index < -0.39 is 0 Å². The Kier molecular flexibility index (Phi) is 4.44. The van der Waals surface area contributed by atoms with Gasteiger partial charge in [0.25, 0.3) is 0 Å². The molecule has 0 amide bonds. The maximum atomic E-state index is 4.53. The van der Waals surface area contributed by atoms with Crippen LogP contribution in [0.4, 0.5) is 0 Å². The Balaban J connectivity index is 2.03. The van der Waals surface area contributed by atoms with E-state index in [0.717, 1.165) is 23.4 Å². The number of nitrogens with one attached hydrogen (secondary N) is 1. The normalized spacial score (nSPS) is 18.9. The lowest BCUT2D eigenvalue weighted by atomic mass is 9.80. The number of rotatable bonds is 6. The van der Waals surface area contributed by atoms with Crippen molar-refractivity contribution in [3.63, 3.8) is 0 Å². The summed E-state index contributed by atoms with van der Waals surface area (Å²) < 4.78 is 1.06. The molecule has 1 aromatic heterocycles. The first-order valence-electron chi connectivity index (χ1n) is 6.83. The van der Waals surface area contributed by atoms with Crippen LogP contribution in [-0.2, 0) is 6.42 Å². The minimum Gasteiger partial charge on any atom is -0.314 e. The smallest absolute Gasteiger partial charge is 0.0413 e. The molecule has 100 valence electrons. The Morgan fingerprint density at radius 3 is 2.67 bits per heavy atom. The predicted molar refractivity (Wildman–Crippen MR) is 79.6 cm³/mol. The summed E-state index contributed by atoms with van der Waals surface area (Å²) in [5.41, 5.74) is 1.56. The summed E-state index contributed by atoms with van der Waals surface area (Å²) in [4.78, 5) is 4.53. The second kappa shape index (κ2) is 5.70. The molecule has 0 radical (unpaired) electrons. The van der Waals surface area contributed by atoms with Crippen LogP contribution >= 0.6 is 15.9 Å². The van der Waals surface area contributed by atoms with E-state index in [4.69, 9.17) is 0 Å². The van der Waals surface area contributed by atoms with Gasteiger partial charge in [0.05, 0.1) is 0 Å². The second-order valence-electron chi connectivity index (χ2n) is 6.11. The number of pyridine rings is 1. The van der Waals surface area contributed by atoms with Crippen LogP contribution in [0.3, 0.4) is 0 Å². The van der Waals surface area contributed by atoms with Gasteiger partial charge in [0.2, 0.25) is 0 Å². The fraction of sp³-hybridized carbons (Fsp3) is 0.667. The zero-order valence-electron chi connectivity index (χ0n) is 11.5. The second-order valence-corrected chi connectivity index (χ2v) is 7.02. The van der Waals surface area contributed by atoms with E-state index in [1.54, 1.807) is 0 Å². The molecule has 0 saturated heterocycles. The summed E-state index contributed by atoms with van der Waals surface area (Å²) in [6, 6.07) is 4.78. The van der Waals surface area contributed by atoms with Crippen LogP contribution < -0.4 is 5.32 Å². The molecule has 0 aromatic carbocycles. The van der Waals surface area contributed by atoms with Crippen LogP contribution in [0.1, 0.15) is 39.3 Å². The Morgan fingerprint density at radius 1 is 1.44 bits per heavy atom. The Labute approximate surface area is 119 Å². The largest absolute Gasteiger partial charge is 0.314 e. The average molecular weight is 311 g/mol. The maximum absolute atomic E-state index is 4.53. The first-order chi connectivity index (χ1) is 8.49. The van der Waals surface area contributed by atoms with Gasteiger partial charge >= 0.3 is 0 Å². The summed E-state index contributed by atoms with van der Waals surface area (Å²) in [6.07, 6.45) is 5.74. The average Bonchev–Trinajstić information content (AvgIpc) is 3.14. The van der Waals surface area contributed by atoms with Crippen molar-refractivity contribution in [1.82, 2.24) is 10.3 Å². The zero-order valence-corrected chi connectivity index (χ0v) is 13.1. The predicted octanol–water partition coefficient (Wildman–Crippen LogP) is 3.80. The van der Waals surface area contributed by atoms with Crippen molar-refractivity contribution in [2.75, 3.05) is 6.54 Å². The molecule has 1 aromatic rings. The molecule has 1 fully saturated rings. The number of hydrogen-bond donors (Lipinski definition) is 1. The molecule has 18 heavy (non-hydrogen) atoms. The highest BCUT2D eigenvalue weighted by molar-refractivity contribution is 9.10. The fourth-order valence-electron chi connectivity index (χ4n) is 2.49. The van der Waals surface area contributed by atoms with Gasteiger partial charge in [-0.05, 0) is 58.7 Å². The van der Waals surface area contributed by atoms with Gasteiger partial charge < -0.3 is 5.32 Å². The van der Waals surface area contributed by atoms with E-state index in [2.05, 4.69) is 59.1 Å². The van der Waals surface area contributed by atoms with Crippen molar-refractivity contribution in [3.05, 3.63) is 28.5 Å². The molecule has 0 aliphatic heterocycles. The van der Waals surface area contributed by atoms with E-state index in [1.165, 1.54) is 18.5 Å². The topological polar surface area (TPSA) is 24.9 Å². The highest BCUT2D eigenvalue weighted by Crippen LogP contribution is 2.46. The van der Waals surface area contributed by atoms with Crippen molar-refractivity contribution in [2.24, 2.45) is 11.3 Å². The molecule has 2 nitrogen and oxygen atoms in total. The Hall–Kier alpha value is -0.410. The van der Waals surface area contributed by atoms with Crippen molar-refractivity contribution >= 4 is 15.9 Å². The highest BCUT2D eigenvalue weighted by atomic mass is 79.9. The number of halogens is 1. The summed E-state index contributed by atoms with van der Waals surface area (Å²) >= 11 is 3.44. The van der Waals surface area contributed by atoms with Gasteiger partial charge in [-0.15, -0.1) is 0 Å². The van der Waals surface area contributed by atoms with Crippen LogP contribution in [0.25, 0.3) is 0 Å². The first-order valence-corrected chi connectivity index (χ1v) is 7.63. The van der Waals surface area contributed by atoms with Crippen molar-refractivity contribution in [3.8, 4) is 0 Å². The lowest BCUT2D eigenvalue weighted by Crippen LogP contribution is -2.38. The van der Waals surface area contributed by atoms with Crippen LogP contribution in [0.2, 0.25) is 0 Å².